The summed E-state index contributed by atoms with van der Waals surface area (Å²) in [7, 11) is -3.52. The number of aryl methyl sites for hydroxylation is 1. The summed E-state index contributed by atoms with van der Waals surface area (Å²) in [5, 5.41) is 3.07. The first-order valence-corrected chi connectivity index (χ1v) is 9.50. The molecule has 0 radical (unpaired) electrons. The fraction of sp³-hybridized carbons (Fsp3) is 0.500. The summed E-state index contributed by atoms with van der Waals surface area (Å²) >= 11 is 1.63. The third kappa shape index (κ3) is 2.96. The topological polar surface area (TPSA) is 66.7 Å². The van der Waals surface area contributed by atoms with E-state index in [2.05, 4.69) is 16.8 Å². The maximum absolute atomic E-state index is 12.5. The Balaban J connectivity index is 1.67. The fourth-order valence-corrected chi connectivity index (χ4v) is 4.71. The highest BCUT2D eigenvalue weighted by atomic mass is 32.2. The predicted octanol–water partition coefficient (Wildman–Crippen LogP) is 2.11. The van der Waals surface area contributed by atoms with Crippen molar-refractivity contribution in [3.05, 3.63) is 34.5 Å². The number of furan rings is 1. The SMILES string of the molecule is Cc1ccc(S(=O)(=O)N2CCN(C(C)c3nccs3)CC2)o1. The molecule has 8 heteroatoms. The van der Waals surface area contributed by atoms with E-state index in [0.29, 0.717) is 31.9 Å². The van der Waals surface area contributed by atoms with Gasteiger partial charge < -0.3 is 4.42 Å². The highest BCUT2D eigenvalue weighted by Crippen LogP contribution is 2.25. The molecule has 6 nitrogen and oxygen atoms in total. The van der Waals surface area contributed by atoms with Gasteiger partial charge in [0.05, 0.1) is 6.04 Å². The van der Waals surface area contributed by atoms with Gasteiger partial charge in [0.15, 0.2) is 0 Å². The van der Waals surface area contributed by atoms with Crippen LogP contribution in [0.3, 0.4) is 0 Å². The highest BCUT2D eigenvalue weighted by molar-refractivity contribution is 7.89. The smallest absolute Gasteiger partial charge is 0.276 e. The molecule has 3 rings (SSSR count). The minimum Gasteiger partial charge on any atom is -0.449 e. The average Bonchev–Trinajstić information content (AvgIpc) is 3.18. The van der Waals surface area contributed by atoms with E-state index in [0.717, 1.165) is 5.01 Å². The van der Waals surface area contributed by atoms with E-state index in [4.69, 9.17) is 4.42 Å². The van der Waals surface area contributed by atoms with Crippen LogP contribution in [0.4, 0.5) is 0 Å². The van der Waals surface area contributed by atoms with Crippen molar-refractivity contribution in [2.45, 2.75) is 25.0 Å². The molecule has 120 valence electrons. The number of hydrogen-bond donors (Lipinski definition) is 0. The summed E-state index contributed by atoms with van der Waals surface area (Å²) in [6, 6.07) is 3.42. The Morgan fingerprint density at radius 3 is 2.55 bits per heavy atom. The lowest BCUT2D eigenvalue weighted by molar-refractivity contribution is 0.144. The number of hydrogen-bond acceptors (Lipinski definition) is 6. The first-order chi connectivity index (χ1) is 10.5. The Morgan fingerprint density at radius 1 is 1.27 bits per heavy atom. The van der Waals surface area contributed by atoms with Crippen LogP contribution in [-0.2, 0) is 10.0 Å². The summed E-state index contributed by atoms with van der Waals surface area (Å²) in [5.41, 5.74) is 0. The van der Waals surface area contributed by atoms with Gasteiger partial charge in [-0.2, -0.15) is 4.31 Å². The van der Waals surface area contributed by atoms with Crippen LogP contribution >= 0.6 is 11.3 Å². The van der Waals surface area contributed by atoms with Crippen molar-refractivity contribution in [1.82, 2.24) is 14.2 Å². The number of aromatic nitrogens is 1. The average molecular weight is 341 g/mol. The third-order valence-corrected chi connectivity index (χ3v) is 6.66. The van der Waals surface area contributed by atoms with Crippen molar-refractivity contribution >= 4 is 21.4 Å². The molecule has 0 aliphatic carbocycles. The molecule has 2 aromatic heterocycles. The van der Waals surface area contributed by atoms with Gasteiger partial charge in [-0.05, 0) is 26.0 Å². The second kappa shape index (κ2) is 6.11. The van der Waals surface area contributed by atoms with Crippen molar-refractivity contribution in [3.63, 3.8) is 0 Å². The monoisotopic (exact) mass is 341 g/mol. The molecular weight excluding hydrogens is 322 g/mol. The molecule has 3 heterocycles. The van der Waals surface area contributed by atoms with Gasteiger partial charge in [-0.3, -0.25) is 4.90 Å². The first-order valence-electron chi connectivity index (χ1n) is 7.18. The summed E-state index contributed by atoms with van der Waals surface area (Å²) in [6.07, 6.45) is 1.80. The number of rotatable bonds is 4. The molecule has 0 amide bonds. The Labute approximate surface area is 134 Å². The molecule has 0 saturated carbocycles. The van der Waals surface area contributed by atoms with Gasteiger partial charge >= 0.3 is 0 Å². The Bertz CT molecular complexity index is 716. The van der Waals surface area contributed by atoms with Crippen LogP contribution in [0.2, 0.25) is 0 Å². The van der Waals surface area contributed by atoms with E-state index in [1.54, 1.807) is 30.5 Å². The van der Waals surface area contributed by atoms with E-state index < -0.39 is 10.0 Å². The summed E-state index contributed by atoms with van der Waals surface area (Å²) in [6.45, 7) is 6.18. The third-order valence-electron chi connectivity index (χ3n) is 3.94. The van der Waals surface area contributed by atoms with Gasteiger partial charge in [-0.25, -0.2) is 13.4 Å². The van der Waals surface area contributed by atoms with Gasteiger partial charge in [-0.1, -0.05) is 0 Å². The van der Waals surface area contributed by atoms with E-state index in [1.807, 2.05) is 5.38 Å². The molecular formula is C14H19N3O3S2. The van der Waals surface area contributed by atoms with Gasteiger partial charge in [0.25, 0.3) is 10.0 Å². The predicted molar refractivity (Wildman–Crippen MR) is 84.3 cm³/mol. The van der Waals surface area contributed by atoms with Gasteiger partial charge in [-0.15, -0.1) is 11.3 Å². The molecule has 0 spiro atoms. The van der Waals surface area contributed by atoms with Crippen molar-refractivity contribution in [3.8, 4) is 0 Å². The fourth-order valence-electron chi connectivity index (χ4n) is 2.61. The molecule has 1 aliphatic heterocycles. The zero-order valence-electron chi connectivity index (χ0n) is 12.6. The molecule has 1 unspecified atom stereocenters. The Hall–Kier alpha value is -1.22. The van der Waals surface area contributed by atoms with Crippen LogP contribution in [0, 0.1) is 6.92 Å². The largest absolute Gasteiger partial charge is 0.449 e. The van der Waals surface area contributed by atoms with Crippen LogP contribution in [0.5, 0.6) is 0 Å². The maximum atomic E-state index is 12.5. The number of nitrogens with zero attached hydrogens (tertiary/aromatic N) is 3. The lowest BCUT2D eigenvalue weighted by Gasteiger charge is -2.36. The number of sulfonamides is 1. The highest BCUT2D eigenvalue weighted by Gasteiger charge is 2.32. The zero-order valence-corrected chi connectivity index (χ0v) is 14.2. The number of thiazole rings is 1. The second-order valence-electron chi connectivity index (χ2n) is 5.35. The van der Waals surface area contributed by atoms with Gasteiger partial charge in [0, 0.05) is 37.8 Å². The molecule has 0 aromatic carbocycles. The molecule has 1 atom stereocenters. The molecule has 1 saturated heterocycles. The van der Waals surface area contributed by atoms with Gasteiger partial charge in [0.1, 0.15) is 10.8 Å². The van der Waals surface area contributed by atoms with E-state index in [9.17, 15) is 8.42 Å². The van der Waals surface area contributed by atoms with Crippen molar-refractivity contribution in [2.75, 3.05) is 26.2 Å². The molecule has 0 N–H and O–H groups in total. The molecule has 22 heavy (non-hydrogen) atoms. The first kappa shape index (κ1) is 15.7. The molecule has 2 aromatic rings. The van der Waals surface area contributed by atoms with Crippen LogP contribution < -0.4 is 0 Å². The van der Waals surface area contributed by atoms with E-state index in [-0.39, 0.29) is 11.1 Å². The van der Waals surface area contributed by atoms with Crippen LogP contribution in [0.15, 0.2) is 33.2 Å². The minimum atomic E-state index is -3.52. The van der Waals surface area contributed by atoms with Crippen LogP contribution in [0.1, 0.15) is 23.7 Å². The molecule has 0 bridgehead atoms. The van der Waals surface area contributed by atoms with Crippen molar-refractivity contribution in [2.24, 2.45) is 0 Å². The van der Waals surface area contributed by atoms with Gasteiger partial charge in [0.2, 0.25) is 5.09 Å². The van der Waals surface area contributed by atoms with Crippen molar-refractivity contribution < 1.29 is 12.8 Å². The molecule has 1 aliphatic rings. The minimum absolute atomic E-state index is 0.0337. The van der Waals surface area contributed by atoms with Crippen molar-refractivity contribution in [1.29, 1.82) is 0 Å². The summed E-state index contributed by atoms with van der Waals surface area (Å²) < 4.78 is 31.8. The van der Waals surface area contributed by atoms with Crippen LogP contribution in [0.25, 0.3) is 0 Å². The van der Waals surface area contributed by atoms with E-state index >= 15 is 0 Å². The second-order valence-corrected chi connectivity index (χ2v) is 8.15. The Morgan fingerprint density at radius 2 is 2.00 bits per heavy atom. The number of piperazine rings is 1. The summed E-state index contributed by atoms with van der Waals surface area (Å²) in [5.74, 6) is 0.606. The molecule has 1 fully saturated rings. The maximum Gasteiger partial charge on any atom is 0.276 e. The normalized spacial score (nSPS) is 19.4. The quantitative estimate of drug-likeness (QED) is 0.852. The lowest BCUT2D eigenvalue weighted by Crippen LogP contribution is -2.49. The standard InChI is InChI=1S/C14H19N3O3S2/c1-11-3-4-13(20-11)22(18,19)17-8-6-16(7-9-17)12(2)14-15-5-10-21-14/h3-5,10,12H,6-9H2,1-2H3. The Kier molecular flexibility index (Phi) is 4.35. The summed E-state index contributed by atoms with van der Waals surface area (Å²) in [4.78, 5) is 6.60. The van der Waals surface area contributed by atoms with E-state index in [1.165, 1.54) is 10.4 Å². The van der Waals surface area contributed by atoms with Crippen LogP contribution in [-0.4, -0.2) is 48.8 Å². The zero-order chi connectivity index (χ0) is 15.7. The lowest BCUT2D eigenvalue weighted by atomic mass is 10.2.